The smallest absolute Gasteiger partial charge is 0.310 e. The van der Waals surface area contributed by atoms with E-state index in [1.807, 2.05) is 0 Å². The van der Waals surface area contributed by atoms with Crippen LogP contribution < -0.4 is 20.2 Å². The van der Waals surface area contributed by atoms with Crippen molar-refractivity contribution in [2.75, 3.05) is 25.5 Å². The Balaban J connectivity index is 0.00000385. The maximum Gasteiger partial charge on any atom is 0.310 e. The number of benzene rings is 1. The van der Waals surface area contributed by atoms with E-state index in [1.165, 1.54) is 18.4 Å². The molecule has 0 atom stereocenters. The molecule has 0 radical (unpaired) electrons. The molecule has 3 rings (SSSR count). The first-order chi connectivity index (χ1) is 15.4. The van der Waals surface area contributed by atoms with Gasteiger partial charge in [-0.05, 0) is 38.1 Å². The molecule has 1 fully saturated rings. The van der Waals surface area contributed by atoms with Crippen molar-refractivity contribution in [1.29, 1.82) is 0 Å². The Morgan fingerprint density at radius 3 is 2.67 bits per heavy atom. The molecule has 0 unspecified atom stereocenters. The minimum atomic E-state index is -0.496. The number of esters is 1. The predicted octanol–water partition coefficient (Wildman–Crippen LogP) is 2.82. The summed E-state index contributed by atoms with van der Waals surface area (Å²) >= 11 is 1.26. The maximum absolute atomic E-state index is 12.8. The van der Waals surface area contributed by atoms with E-state index in [2.05, 4.69) is 15.6 Å². The van der Waals surface area contributed by atoms with Crippen molar-refractivity contribution < 1.29 is 23.9 Å². The van der Waals surface area contributed by atoms with Gasteiger partial charge in [-0.1, -0.05) is 13.8 Å². The molecule has 2 aromatic rings. The summed E-state index contributed by atoms with van der Waals surface area (Å²) in [7, 11) is 1.45. The first-order valence-electron chi connectivity index (χ1n) is 10.5. The Morgan fingerprint density at radius 2 is 2.00 bits per heavy atom. The highest BCUT2D eigenvalue weighted by Gasteiger charge is 2.22. The number of thiazole rings is 1. The van der Waals surface area contributed by atoms with Gasteiger partial charge >= 0.3 is 5.97 Å². The van der Waals surface area contributed by atoms with E-state index in [-0.39, 0.29) is 48.4 Å². The third kappa shape index (κ3) is 7.15. The Kier molecular flexibility index (Phi) is 10.1. The maximum atomic E-state index is 12.8. The van der Waals surface area contributed by atoms with E-state index in [0.717, 1.165) is 25.9 Å². The van der Waals surface area contributed by atoms with Crippen LogP contribution in [-0.2, 0) is 21.1 Å². The van der Waals surface area contributed by atoms with Gasteiger partial charge in [-0.3, -0.25) is 19.0 Å². The minimum Gasteiger partial charge on any atom is -0.496 e. The van der Waals surface area contributed by atoms with Crippen molar-refractivity contribution >= 4 is 47.2 Å². The second kappa shape index (κ2) is 12.5. The van der Waals surface area contributed by atoms with Gasteiger partial charge in [-0.15, -0.1) is 23.7 Å². The number of rotatable bonds is 7. The Bertz CT molecular complexity index is 1040. The molecule has 11 heteroatoms. The molecule has 1 aromatic carbocycles. The molecule has 1 aliphatic rings. The van der Waals surface area contributed by atoms with Gasteiger partial charge in [0.2, 0.25) is 5.91 Å². The van der Waals surface area contributed by atoms with Crippen LogP contribution in [0.4, 0.5) is 5.69 Å². The van der Waals surface area contributed by atoms with Crippen LogP contribution in [0.1, 0.15) is 37.0 Å². The van der Waals surface area contributed by atoms with Crippen molar-refractivity contribution in [3.8, 4) is 5.75 Å². The molecule has 0 bridgehead atoms. The summed E-state index contributed by atoms with van der Waals surface area (Å²) in [6, 6.07) is 4.79. The van der Waals surface area contributed by atoms with Crippen LogP contribution >= 0.6 is 23.7 Å². The molecule has 1 aliphatic heterocycles. The van der Waals surface area contributed by atoms with Crippen LogP contribution in [0.2, 0.25) is 0 Å². The number of nitrogens with one attached hydrogen (secondary N) is 2. The summed E-state index contributed by atoms with van der Waals surface area (Å²) in [6.07, 6.45) is 3.24. The zero-order valence-electron chi connectivity index (χ0n) is 18.8. The standard InChI is InChI=1S/C22H28N4O5S.ClH/c1-14(2)19(27)24-16-4-5-17(18(12-16)30-3)20(28)25-22-26(10-11-32-22)13-31-21(29)15-6-8-23-9-7-15;/h4-5,10-12,14-15,23H,6-9,13H2,1-3H3,(H,24,27);1H. The number of carbonyl (C=O) groups is 3. The normalized spacial score (nSPS) is 14.5. The van der Waals surface area contributed by atoms with E-state index in [0.29, 0.717) is 16.2 Å². The third-order valence-corrected chi connectivity index (χ3v) is 5.89. The van der Waals surface area contributed by atoms with Crippen molar-refractivity contribution in [3.05, 3.63) is 40.1 Å². The Labute approximate surface area is 202 Å². The number of piperidine rings is 1. The molecule has 2 N–H and O–H groups in total. The molecule has 0 aliphatic carbocycles. The highest BCUT2D eigenvalue weighted by atomic mass is 35.5. The second-order valence-corrected chi connectivity index (χ2v) is 8.62. The largest absolute Gasteiger partial charge is 0.496 e. The molecule has 1 aromatic heterocycles. The molecule has 0 spiro atoms. The van der Waals surface area contributed by atoms with Crippen molar-refractivity contribution in [2.45, 2.75) is 33.4 Å². The number of hydrogen-bond donors (Lipinski definition) is 2. The molecule has 0 saturated carbocycles. The summed E-state index contributed by atoms with van der Waals surface area (Å²) in [5, 5.41) is 7.76. The molecule has 2 heterocycles. The van der Waals surface area contributed by atoms with Gasteiger partial charge in [0.05, 0.1) is 18.6 Å². The summed E-state index contributed by atoms with van der Waals surface area (Å²) in [5.74, 6) is -0.824. The van der Waals surface area contributed by atoms with E-state index in [1.54, 1.807) is 48.2 Å². The lowest BCUT2D eigenvalue weighted by molar-refractivity contribution is -0.153. The van der Waals surface area contributed by atoms with Crippen molar-refractivity contribution in [1.82, 2.24) is 9.88 Å². The van der Waals surface area contributed by atoms with Crippen molar-refractivity contribution in [3.63, 3.8) is 0 Å². The first-order valence-corrected chi connectivity index (χ1v) is 11.4. The monoisotopic (exact) mass is 496 g/mol. The van der Waals surface area contributed by atoms with E-state index in [9.17, 15) is 14.4 Å². The van der Waals surface area contributed by atoms with Crippen LogP contribution in [-0.4, -0.2) is 42.6 Å². The quantitative estimate of drug-likeness (QED) is 0.570. The third-order valence-electron chi connectivity index (χ3n) is 5.10. The van der Waals surface area contributed by atoms with E-state index >= 15 is 0 Å². The fourth-order valence-electron chi connectivity index (χ4n) is 3.17. The van der Waals surface area contributed by atoms with Gasteiger partial charge in [0, 0.05) is 29.2 Å². The first kappa shape index (κ1) is 26.6. The highest BCUT2D eigenvalue weighted by molar-refractivity contribution is 7.07. The molecule has 9 nitrogen and oxygen atoms in total. The number of halogens is 1. The topological polar surface area (TPSA) is 111 Å². The van der Waals surface area contributed by atoms with Gasteiger partial charge < -0.3 is 20.1 Å². The van der Waals surface area contributed by atoms with E-state index in [4.69, 9.17) is 9.47 Å². The van der Waals surface area contributed by atoms with Gasteiger partial charge in [-0.25, -0.2) is 0 Å². The zero-order chi connectivity index (χ0) is 23.1. The van der Waals surface area contributed by atoms with E-state index < -0.39 is 5.91 Å². The lowest BCUT2D eigenvalue weighted by Crippen LogP contribution is -2.33. The lowest BCUT2D eigenvalue weighted by Gasteiger charge is -2.20. The SMILES string of the molecule is COc1cc(NC(=O)C(C)C)ccc1C(=O)N=c1sccn1COC(=O)C1CCNCC1.Cl. The zero-order valence-corrected chi connectivity index (χ0v) is 20.5. The highest BCUT2D eigenvalue weighted by Crippen LogP contribution is 2.24. The lowest BCUT2D eigenvalue weighted by atomic mass is 9.99. The van der Waals surface area contributed by atoms with Gasteiger partial charge in [0.1, 0.15) is 5.75 Å². The Morgan fingerprint density at radius 1 is 1.27 bits per heavy atom. The van der Waals surface area contributed by atoms with Gasteiger partial charge in [0.25, 0.3) is 5.91 Å². The minimum absolute atomic E-state index is 0. The number of anilines is 1. The van der Waals surface area contributed by atoms with Gasteiger partial charge in [0.15, 0.2) is 11.5 Å². The number of ether oxygens (including phenoxy) is 2. The molecular formula is C22H29ClN4O5S. The molecule has 2 amide bonds. The molecule has 180 valence electrons. The van der Waals surface area contributed by atoms with Gasteiger partial charge in [-0.2, -0.15) is 4.99 Å². The predicted molar refractivity (Wildman–Crippen MR) is 128 cm³/mol. The van der Waals surface area contributed by atoms with Crippen LogP contribution in [0.15, 0.2) is 34.8 Å². The molecule has 1 saturated heterocycles. The average Bonchev–Trinajstić information content (AvgIpc) is 3.24. The fourth-order valence-corrected chi connectivity index (χ4v) is 3.89. The van der Waals surface area contributed by atoms with Crippen molar-refractivity contribution in [2.24, 2.45) is 16.8 Å². The number of aromatic nitrogens is 1. The number of amides is 2. The number of nitrogens with zero attached hydrogens (tertiary/aromatic N) is 2. The van der Waals surface area contributed by atoms with Crippen LogP contribution in [0.5, 0.6) is 5.75 Å². The Hall–Kier alpha value is -2.69. The second-order valence-electron chi connectivity index (χ2n) is 7.75. The summed E-state index contributed by atoms with van der Waals surface area (Å²) < 4.78 is 12.4. The fraction of sp³-hybridized carbons (Fsp3) is 0.455. The average molecular weight is 497 g/mol. The van der Waals surface area contributed by atoms with Crippen LogP contribution in [0.3, 0.4) is 0 Å². The number of carbonyl (C=O) groups excluding carboxylic acids is 3. The number of methoxy groups -OCH3 is 1. The molecule has 33 heavy (non-hydrogen) atoms. The summed E-state index contributed by atoms with van der Waals surface area (Å²) in [5.41, 5.74) is 0.801. The molecular weight excluding hydrogens is 468 g/mol. The number of hydrogen-bond acceptors (Lipinski definition) is 7. The summed E-state index contributed by atoms with van der Waals surface area (Å²) in [4.78, 5) is 41.6. The summed E-state index contributed by atoms with van der Waals surface area (Å²) in [6.45, 7) is 5.20. The van der Waals surface area contributed by atoms with Crippen LogP contribution in [0, 0.1) is 11.8 Å². The van der Waals surface area contributed by atoms with Crippen LogP contribution in [0.25, 0.3) is 0 Å².